The van der Waals surface area contributed by atoms with Crippen LogP contribution in [0.3, 0.4) is 0 Å². The summed E-state index contributed by atoms with van der Waals surface area (Å²) in [6.45, 7) is 7.75. The summed E-state index contributed by atoms with van der Waals surface area (Å²) >= 11 is 1.31. The summed E-state index contributed by atoms with van der Waals surface area (Å²) in [6, 6.07) is 0. The second-order valence-electron chi connectivity index (χ2n) is 5.17. The van der Waals surface area contributed by atoms with Gasteiger partial charge in [-0.1, -0.05) is 18.3 Å². The highest BCUT2D eigenvalue weighted by atomic mass is 32.1. The van der Waals surface area contributed by atoms with Gasteiger partial charge in [-0.3, -0.25) is 4.90 Å². The molecule has 1 saturated heterocycles. The fourth-order valence-corrected chi connectivity index (χ4v) is 2.80. The first-order valence-electron chi connectivity index (χ1n) is 5.61. The van der Waals surface area contributed by atoms with Crippen LogP contribution in [0, 0.1) is 5.41 Å². The number of nitrogen functional groups attached to an aromatic ring is 1. The van der Waals surface area contributed by atoms with Crippen molar-refractivity contribution in [1.29, 1.82) is 0 Å². The van der Waals surface area contributed by atoms with Crippen LogP contribution in [-0.2, 0) is 6.54 Å². The first-order chi connectivity index (χ1) is 7.61. The Hall–Kier alpha value is -0.720. The van der Waals surface area contributed by atoms with Gasteiger partial charge in [0.15, 0.2) is 0 Å². The number of rotatable bonds is 3. The average molecular weight is 241 g/mol. The van der Waals surface area contributed by atoms with E-state index in [0.717, 1.165) is 30.3 Å². The van der Waals surface area contributed by atoms with Crippen LogP contribution in [0.15, 0.2) is 0 Å². The van der Waals surface area contributed by atoms with Crippen molar-refractivity contribution in [2.75, 3.05) is 18.5 Å². The molecule has 0 aromatic carbocycles. The molecule has 0 spiro atoms. The molecule has 0 unspecified atom stereocenters. The number of hydrogen-bond acceptors (Lipinski definition) is 6. The van der Waals surface area contributed by atoms with Crippen LogP contribution in [0.1, 0.15) is 32.4 Å². The molecule has 16 heavy (non-hydrogen) atoms. The lowest BCUT2D eigenvalue weighted by Gasteiger charge is -2.37. The van der Waals surface area contributed by atoms with Gasteiger partial charge in [-0.25, -0.2) is 5.84 Å². The molecule has 90 valence electrons. The van der Waals surface area contributed by atoms with Crippen LogP contribution in [0.25, 0.3) is 0 Å². The van der Waals surface area contributed by atoms with Crippen molar-refractivity contribution >= 4 is 16.5 Å². The van der Waals surface area contributed by atoms with E-state index in [-0.39, 0.29) is 0 Å². The van der Waals surface area contributed by atoms with Gasteiger partial charge in [0.2, 0.25) is 0 Å². The molecule has 0 radical (unpaired) electrons. The average Bonchev–Trinajstić information content (AvgIpc) is 2.63. The van der Waals surface area contributed by atoms with Crippen molar-refractivity contribution in [1.82, 2.24) is 14.5 Å². The molecule has 1 aromatic rings. The molecule has 0 aliphatic carbocycles. The standard InChI is InChI=1S/C10H19N5S/c1-10(2)4-3-5-15(7-10)6-8-9(12-11)16-14-13-8/h12H,3-7,11H2,1-2H3. The summed E-state index contributed by atoms with van der Waals surface area (Å²) in [4.78, 5) is 2.43. The molecule has 0 bridgehead atoms. The zero-order valence-electron chi connectivity index (χ0n) is 9.86. The van der Waals surface area contributed by atoms with Crippen molar-refractivity contribution in [2.45, 2.75) is 33.2 Å². The van der Waals surface area contributed by atoms with Gasteiger partial charge in [-0.2, -0.15) is 0 Å². The molecule has 2 heterocycles. The summed E-state index contributed by atoms with van der Waals surface area (Å²) < 4.78 is 3.92. The van der Waals surface area contributed by atoms with Crippen LogP contribution in [0.5, 0.6) is 0 Å². The van der Waals surface area contributed by atoms with Crippen LogP contribution in [-0.4, -0.2) is 27.6 Å². The number of piperidine rings is 1. The Morgan fingerprint density at radius 2 is 2.38 bits per heavy atom. The maximum Gasteiger partial charge on any atom is 0.148 e. The van der Waals surface area contributed by atoms with Gasteiger partial charge in [-0.05, 0) is 24.8 Å². The van der Waals surface area contributed by atoms with E-state index in [0.29, 0.717) is 5.41 Å². The third-order valence-corrected chi connectivity index (χ3v) is 3.74. The molecule has 5 nitrogen and oxygen atoms in total. The Kier molecular flexibility index (Phi) is 3.41. The normalized spacial score (nSPS) is 20.9. The van der Waals surface area contributed by atoms with Gasteiger partial charge >= 0.3 is 0 Å². The quantitative estimate of drug-likeness (QED) is 0.619. The second kappa shape index (κ2) is 4.65. The highest BCUT2D eigenvalue weighted by Crippen LogP contribution is 2.30. The number of aromatic nitrogens is 2. The van der Waals surface area contributed by atoms with E-state index < -0.39 is 0 Å². The van der Waals surface area contributed by atoms with Crippen LogP contribution in [0.2, 0.25) is 0 Å². The Morgan fingerprint density at radius 3 is 3.06 bits per heavy atom. The highest BCUT2D eigenvalue weighted by molar-refractivity contribution is 7.10. The maximum atomic E-state index is 5.42. The van der Waals surface area contributed by atoms with E-state index in [1.807, 2.05) is 0 Å². The lowest BCUT2D eigenvalue weighted by atomic mass is 9.84. The minimum atomic E-state index is 0.415. The predicted molar refractivity (Wildman–Crippen MR) is 66.0 cm³/mol. The SMILES string of the molecule is CC1(C)CCCN(Cc2nnsc2NN)C1. The lowest BCUT2D eigenvalue weighted by Crippen LogP contribution is -2.39. The lowest BCUT2D eigenvalue weighted by molar-refractivity contribution is 0.110. The fraction of sp³-hybridized carbons (Fsp3) is 0.800. The number of nitrogens with two attached hydrogens (primary N) is 1. The zero-order chi connectivity index (χ0) is 11.6. The third kappa shape index (κ3) is 2.69. The number of nitrogens with zero attached hydrogens (tertiary/aromatic N) is 3. The van der Waals surface area contributed by atoms with Crippen molar-refractivity contribution in [3.63, 3.8) is 0 Å². The first kappa shape index (κ1) is 11.8. The molecule has 2 rings (SSSR count). The van der Waals surface area contributed by atoms with E-state index in [1.54, 1.807) is 0 Å². The Morgan fingerprint density at radius 1 is 1.56 bits per heavy atom. The highest BCUT2D eigenvalue weighted by Gasteiger charge is 2.27. The predicted octanol–water partition coefficient (Wildman–Crippen LogP) is 1.45. The topological polar surface area (TPSA) is 67.1 Å². The van der Waals surface area contributed by atoms with Crippen LogP contribution >= 0.6 is 11.5 Å². The van der Waals surface area contributed by atoms with E-state index >= 15 is 0 Å². The number of nitrogens with one attached hydrogen (secondary N) is 1. The Bertz CT molecular complexity index is 349. The number of anilines is 1. The van der Waals surface area contributed by atoms with Gasteiger partial charge in [0.25, 0.3) is 0 Å². The van der Waals surface area contributed by atoms with E-state index in [9.17, 15) is 0 Å². The second-order valence-corrected chi connectivity index (χ2v) is 5.93. The maximum absolute atomic E-state index is 5.42. The molecule has 1 fully saturated rings. The number of hydrazine groups is 1. The summed E-state index contributed by atoms with van der Waals surface area (Å²) in [7, 11) is 0. The summed E-state index contributed by atoms with van der Waals surface area (Å²) in [6.07, 6.45) is 2.57. The monoisotopic (exact) mass is 241 g/mol. The molecule has 0 amide bonds. The molecule has 0 atom stereocenters. The smallest absolute Gasteiger partial charge is 0.148 e. The minimum Gasteiger partial charge on any atom is -0.313 e. The molecule has 1 aliphatic heterocycles. The molecule has 1 aliphatic rings. The summed E-state index contributed by atoms with van der Waals surface area (Å²) in [5, 5.41) is 4.99. The van der Waals surface area contributed by atoms with Gasteiger partial charge in [0.1, 0.15) is 10.7 Å². The van der Waals surface area contributed by atoms with Crippen LogP contribution in [0.4, 0.5) is 5.00 Å². The molecule has 1 aromatic heterocycles. The fourth-order valence-electron chi connectivity index (χ4n) is 2.31. The van der Waals surface area contributed by atoms with Crippen molar-refractivity contribution in [2.24, 2.45) is 11.3 Å². The van der Waals surface area contributed by atoms with Gasteiger partial charge in [0, 0.05) is 24.6 Å². The zero-order valence-corrected chi connectivity index (χ0v) is 10.7. The summed E-state index contributed by atoms with van der Waals surface area (Å²) in [5.74, 6) is 5.42. The van der Waals surface area contributed by atoms with Crippen molar-refractivity contribution in [3.05, 3.63) is 5.69 Å². The molecular formula is C10H19N5S. The molecular weight excluding hydrogens is 222 g/mol. The number of hydrogen-bond donors (Lipinski definition) is 2. The summed E-state index contributed by atoms with van der Waals surface area (Å²) in [5.41, 5.74) is 4.03. The number of likely N-dealkylation sites (tertiary alicyclic amines) is 1. The van der Waals surface area contributed by atoms with E-state index in [2.05, 4.69) is 33.8 Å². The van der Waals surface area contributed by atoms with Gasteiger partial charge in [0.05, 0.1) is 0 Å². The van der Waals surface area contributed by atoms with E-state index in [1.165, 1.54) is 24.4 Å². The molecule has 0 saturated carbocycles. The third-order valence-electron chi connectivity index (χ3n) is 3.04. The molecule has 3 N–H and O–H groups in total. The van der Waals surface area contributed by atoms with E-state index in [4.69, 9.17) is 5.84 Å². The van der Waals surface area contributed by atoms with Gasteiger partial charge in [-0.15, -0.1) is 5.10 Å². The van der Waals surface area contributed by atoms with Gasteiger partial charge < -0.3 is 5.43 Å². The molecule has 6 heteroatoms. The van der Waals surface area contributed by atoms with Crippen LogP contribution < -0.4 is 11.3 Å². The van der Waals surface area contributed by atoms with Crippen molar-refractivity contribution < 1.29 is 0 Å². The first-order valence-corrected chi connectivity index (χ1v) is 6.38. The Labute approximate surface area is 100 Å². The largest absolute Gasteiger partial charge is 0.313 e. The minimum absolute atomic E-state index is 0.415. The Balaban J connectivity index is 1.99. The van der Waals surface area contributed by atoms with Crippen molar-refractivity contribution in [3.8, 4) is 0 Å².